The van der Waals surface area contributed by atoms with Gasteiger partial charge in [0.25, 0.3) is 0 Å². The van der Waals surface area contributed by atoms with Crippen molar-refractivity contribution in [2.24, 2.45) is 0 Å². The molecule has 0 amide bonds. The highest BCUT2D eigenvalue weighted by Gasteiger charge is 2.24. The zero-order chi connectivity index (χ0) is 25.6. The average molecular weight is 500 g/mol. The van der Waals surface area contributed by atoms with Crippen molar-refractivity contribution < 1.29 is 23.4 Å². The third-order valence-electron chi connectivity index (χ3n) is 6.97. The summed E-state index contributed by atoms with van der Waals surface area (Å²) in [6, 6.07) is 20.4. The predicted molar refractivity (Wildman–Crippen MR) is 145 cm³/mol. The molecule has 0 N–H and O–H groups in total. The van der Waals surface area contributed by atoms with Crippen molar-refractivity contribution in [2.45, 2.75) is 25.7 Å². The SMILES string of the molecule is COc1ccc(-c2oc3cc(OC)ccc3c2C(=O)c2ccc(OCCN3CCCCCC3)cc2)cc1. The van der Waals surface area contributed by atoms with E-state index in [0.29, 0.717) is 34.8 Å². The lowest BCUT2D eigenvalue weighted by Crippen LogP contribution is -2.29. The Kier molecular flexibility index (Phi) is 7.76. The van der Waals surface area contributed by atoms with E-state index < -0.39 is 0 Å². The molecule has 1 aliphatic rings. The molecule has 0 bridgehead atoms. The van der Waals surface area contributed by atoms with E-state index in [9.17, 15) is 4.79 Å². The molecule has 0 atom stereocenters. The van der Waals surface area contributed by atoms with Gasteiger partial charge in [-0.25, -0.2) is 0 Å². The Morgan fingerprint density at radius 2 is 1.46 bits per heavy atom. The Labute approximate surface area is 217 Å². The number of hydrogen-bond donors (Lipinski definition) is 0. The number of methoxy groups -OCH3 is 2. The summed E-state index contributed by atoms with van der Waals surface area (Å²) in [5.41, 5.74) is 2.50. The summed E-state index contributed by atoms with van der Waals surface area (Å²) < 4.78 is 22.9. The number of likely N-dealkylation sites (tertiary alicyclic amines) is 1. The fourth-order valence-electron chi connectivity index (χ4n) is 4.87. The third kappa shape index (κ3) is 5.65. The van der Waals surface area contributed by atoms with Gasteiger partial charge in [0.2, 0.25) is 0 Å². The summed E-state index contributed by atoms with van der Waals surface area (Å²) in [6.45, 7) is 3.87. The fraction of sp³-hybridized carbons (Fsp3) is 0.323. The molecule has 1 aromatic heterocycles. The highest BCUT2D eigenvalue weighted by molar-refractivity contribution is 6.19. The van der Waals surface area contributed by atoms with Gasteiger partial charge in [-0.3, -0.25) is 9.69 Å². The van der Waals surface area contributed by atoms with Gasteiger partial charge in [0.05, 0.1) is 19.8 Å². The second-order valence-corrected chi connectivity index (χ2v) is 9.35. The molecule has 6 heteroatoms. The number of furan rings is 1. The molecule has 1 saturated heterocycles. The second-order valence-electron chi connectivity index (χ2n) is 9.35. The van der Waals surface area contributed by atoms with Gasteiger partial charge < -0.3 is 18.6 Å². The van der Waals surface area contributed by atoms with Crippen molar-refractivity contribution in [1.29, 1.82) is 0 Å². The number of ketones is 1. The Morgan fingerprint density at radius 3 is 2.14 bits per heavy atom. The van der Waals surface area contributed by atoms with Crippen molar-refractivity contribution >= 4 is 16.8 Å². The van der Waals surface area contributed by atoms with Gasteiger partial charge in [-0.05, 0) is 86.6 Å². The summed E-state index contributed by atoms with van der Waals surface area (Å²) in [5, 5.41) is 0.745. The van der Waals surface area contributed by atoms with Gasteiger partial charge >= 0.3 is 0 Å². The highest BCUT2D eigenvalue weighted by Crippen LogP contribution is 2.37. The van der Waals surface area contributed by atoms with Gasteiger partial charge in [-0.2, -0.15) is 0 Å². The van der Waals surface area contributed by atoms with Crippen LogP contribution in [0.1, 0.15) is 41.6 Å². The van der Waals surface area contributed by atoms with Crippen LogP contribution < -0.4 is 14.2 Å². The number of benzene rings is 3. The van der Waals surface area contributed by atoms with E-state index in [4.69, 9.17) is 18.6 Å². The lowest BCUT2D eigenvalue weighted by atomic mass is 9.97. The first-order valence-electron chi connectivity index (χ1n) is 12.9. The number of rotatable bonds is 9. The molecule has 4 aromatic rings. The number of carbonyl (C=O) groups excluding carboxylic acids is 1. The number of nitrogens with zero attached hydrogens (tertiary/aromatic N) is 1. The first-order chi connectivity index (χ1) is 18.2. The number of ether oxygens (including phenoxy) is 3. The van der Waals surface area contributed by atoms with Crippen LogP contribution in [-0.4, -0.2) is 51.1 Å². The van der Waals surface area contributed by atoms with Crippen LogP contribution in [0, 0.1) is 0 Å². The van der Waals surface area contributed by atoms with Crippen LogP contribution in [0.4, 0.5) is 0 Å². The molecular weight excluding hydrogens is 466 g/mol. The first-order valence-corrected chi connectivity index (χ1v) is 12.9. The van der Waals surface area contributed by atoms with Gasteiger partial charge in [0.1, 0.15) is 35.2 Å². The maximum Gasteiger partial charge on any atom is 0.197 e. The lowest BCUT2D eigenvalue weighted by Gasteiger charge is -2.19. The van der Waals surface area contributed by atoms with Crippen molar-refractivity contribution in [3.8, 4) is 28.6 Å². The summed E-state index contributed by atoms with van der Waals surface area (Å²) in [7, 11) is 3.23. The molecule has 6 nitrogen and oxygen atoms in total. The molecule has 0 saturated carbocycles. The molecule has 5 rings (SSSR count). The minimum Gasteiger partial charge on any atom is -0.497 e. The summed E-state index contributed by atoms with van der Waals surface area (Å²) >= 11 is 0. The van der Waals surface area contributed by atoms with E-state index in [1.807, 2.05) is 60.7 Å². The molecule has 0 aliphatic carbocycles. The maximum atomic E-state index is 13.8. The van der Waals surface area contributed by atoms with Crippen LogP contribution in [0.2, 0.25) is 0 Å². The molecule has 1 fully saturated rings. The highest BCUT2D eigenvalue weighted by atomic mass is 16.5. The van der Waals surface area contributed by atoms with Gasteiger partial charge in [0, 0.05) is 29.1 Å². The molecule has 3 aromatic carbocycles. The molecule has 0 unspecified atom stereocenters. The maximum absolute atomic E-state index is 13.8. The van der Waals surface area contributed by atoms with Crippen LogP contribution in [-0.2, 0) is 0 Å². The Balaban J connectivity index is 1.38. The topological polar surface area (TPSA) is 61.1 Å². The van der Waals surface area contributed by atoms with Gasteiger partial charge in [-0.1, -0.05) is 12.8 Å². The largest absolute Gasteiger partial charge is 0.497 e. The molecule has 1 aliphatic heterocycles. The van der Waals surface area contributed by atoms with E-state index in [1.54, 1.807) is 20.3 Å². The molecular formula is C31H33NO5. The van der Waals surface area contributed by atoms with Crippen LogP contribution in [0.3, 0.4) is 0 Å². The standard InChI is InChI=1S/C31H33NO5/c1-34-24-11-9-23(10-12-24)31-29(27-16-15-26(35-2)21-28(27)37-31)30(33)22-7-13-25(14-8-22)36-20-19-32-17-5-3-4-6-18-32/h7-16,21H,3-6,17-20H2,1-2H3. The van der Waals surface area contributed by atoms with E-state index in [-0.39, 0.29) is 5.78 Å². The van der Waals surface area contributed by atoms with Gasteiger partial charge in [-0.15, -0.1) is 0 Å². The molecule has 2 heterocycles. The summed E-state index contributed by atoms with van der Waals surface area (Å²) in [6.07, 6.45) is 5.19. The van der Waals surface area contributed by atoms with Crippen LogP contribution in [0.15, 0.2) is 71.1 Å². The first kappa shape index (κ1) is 24.9. The zero-order valence-corrected chi connectivity index (χ0v) is 21.5. The fourth-order valence-corrected chi connectivity index (χ4v) is 4.87. The zero-order valence-electron chi connectivity index (χ0n) is 21.5. The van der Waals surface area contributed by atoms with Crippen molar-refractivity contribution in [2.75, 3.05) is 40.5 Å². The van der Waals surface area contributed by atoms with Crippen molar-refractivity contribution in [1.82, 2.24) is 4.90 Å². The summed E-state index contributed by atoms with van der Waals surface area (Å²) in [5.74, 6) is 2.59. The smallest absolute Gasteiger partial charge is 0.197 e. The summed E-state index contributed by atoms with van der Waals surface area (Å²) in [4.78, 5) is 16.3. The molecule has 0 spiro atoms. The van der Waals surface area contributed by atoms with Crippen molar-refractivity contribution in [3.05, 3.63) is 77.9 Å². The van der Waals surface area contributed by atoms with Crippen LogP contribution in [0.5, 0.6) is 17.2 Å². The Bertz CT molecular complexity index is 1330. The monoisotopic (exact) mass is 499 g/mol. The second kappa shape index (κ2) is 11.5. The third-order valence-corrected chi connectivity index (χ3v) is 6.97. The minimum absolute atomic E-state index is 0.106. The Morgan fingerprint density at radius 1 is 0.811 bits per heavy atom. The van der Waals surface area contributed by atoms with Crippen LogP contribution >= 0.6 is 0 Å². The Hall–Kier alpha value is -3.77. The molecule has 37 heavy (non-hydrogen) atoms. The average Bonchev–Trinajstić information content (AvgIpc) is 3.12. The van der Waals surface area contributed by atoms with E-state index >= 15 is 0 Å². The van der Waals surface area contributed by atoms with Gasteiger partial charge in [0.15, 0.2) is 5.78 Å². The van der Waals surface area contributed by atoms with E-state index in [0.717, 1.165) is 42.1 Å². The van der Waals surface area contributed by atoms with E-state index in [1.165, 1.54) is 25.7 Å². The lowest BCUT2D eigenvalue weighted by molar-refractivity contribution is 0.104. The molecule has 0 radical (unpaired) electrons. The molecule has 192 valence electrons. The number of carbonyl (C=O) groups is 1. The quantitative estimate of drug-likeness (QED) is 0.242. The van der Waals surface area contributed by atoms with Crippen LogP contribution in [0.25, 0.3) is 22.3 Å². The normalized spacial score (nSPS) is 14.3. The van der Waals surface area contributed by atoms with E-state index in [2.05, 4.69) is 4.90 Å². The van der Waals surface area contributed by atoms with Crippen molar-refractivity contribution in [3.63, 3.8) is 0 Å². The predicted octanol–water partition coefficient (Wildman–Crippen LogP) is 6.60. The number of fused-ring (bicyclic) bond motifs is 1. The minimum atomic E-state index is -0.106. The number of hydrogen-bond acceptors (Lipinski definition) is 6.